The maximum atomic E-state index is 12.7. The van der Waals surface area contributed by atoms with Crippen molar-refractivity contribution in [2.24, 2.45) is 0 Å². The molecule has 2 N–H and O–H groups in total. The number of anilines is 2. The summed E-state index contributed by atoms with van der Waals surface area (Å²) in [7, 11) is 0. The summed E-state index contributed by atoms with van der Waals surface area (Å²) >= 11 is 6.01. The van der Waals surface area contributed by atoms with Gasteiger partial charge in [-0.1, -0.05) is 77.8 Å². The van der Waals surface area contributed by atoms with Crippen LogP contribution in [0.15, 0.2) is 84.9 Å². The van der Waals surface area contributed by atoms with Gasteiger partial charge < -0.3 is 5.32 Å². The zero-order valence-electron chi connectivity index (χ0n) is 17.3. The lowest BCUT2D eigenvalue weighted by Crippen LogP contribution is -2.20. The highest BCUT2D eigenvalue weighted by molar-refractivity contribution is 6.31. The second-order valence-electron chi connectivity index (χ2n) is 7.59. The summed E-state index contributed by atoms with van der Waals surface area (Å²) in [4.78, 5) is 17.2. The van der Waals surface area contributed by atoms with Crippen molar-refractivity contribution >= 4 is 35.1 Å². The summed E-state index contributed by atoms with van der Waals surface area (Å²) in [6.45, 7) is 2.06. The number of benzene rings is 3. The molecule has 5 rings (SSSR count). The minimum atomic E-state index is -0.321. The molecule has 2 heterocycles. The standard InChI is InChI=1S/C25H20ClN5O/c1-16-10-12-17(13-11-16)21-15-22(18-6-3-2-4-7-18)31-25(27-21)29-24(30-31)28-23(32)19-8-5-9-20(26)14-19/h2-15,22H,1H3,(H2,27,28,29,30,32)/t22-/m0/s1. The smallest absolute Gasteiger partial charge is 0.258 e. The molecular weight excluding hydrogens is 422 g/mol. The van der Waals surface area contributed by atoms with Crippen molar-refractivity contribution in [3.05, 3.63) is 112 Å². The predicted molar refractivity (Wildman–Crippen MR) is 127 cm³/mol. The summed E-state index contributed by atoms with van der Waals surface area (Å²) in [6.07, 6.45) is 2.12. The first-order valence-electron chi connectivity index (χ1n) is 10.2. The third kappa shape index (κ3) is 4.00. The molecule has 1 aliphatic rings. The number of nitrogens with one attached hydrogen (secondary N) is 2. The molecule has 1 atom stereocenters. The monoisotopic (exact) mass is 441 g/mol. The van der Waals surface area contributed by atoms with Gasteiger partial charge in [-0.25, -0.2) is 4.68 Å². The molecule has 0 aliphatic carbocycles. The van der Waals surface area contributed by atoms with E-state index in [2.05, 4.69) is 70.1 Å². The van der Waals surface area contributed by atoms with E-state index < -0.39 is 0 Å². The molecule has 1 amide bonds. The number of allylic oxidation sites excluding steroid dienone is 1. The van der Waals surface area contributed by atoms with Gasteiger partial charge in [0.05, 0.1) is 0 Å². The average molecular weight is 442 g/mol. The maximum absolute atomic E-state index is 12.7. The third-order valence-corrected chi connectivity index (χ3v) is 5.52. The lowest BCUT2D eigenvalue weighted by Gasteiger charge is -2.24. The number of carbonyl (C=O) groups is 1. The number of nitrogens with zero attached hydrogens (tertiary/aromatic N) is 3. The molecular formula is C25H20ClN5O. The van der Waals surface area contributed by atoms with Crippen LogP contribution in [0.5, 0.6) is 0 Å². The number of amides is 1. The molecule has 0 bridgehead atoms. The second kappa shape index (κ2) is 8.32. The van der Waals surface area contributed by atoms with Crippen molar-refractivity contribution in [1.29, 1.82) is 0 Å². The highest BCUT2D eigenvalue weighted by Crippen LogP contribution is 2.33. The number of fused-ring (bicyclic) bond motifs is 1. The highest BCUT2D eigenvalue weighted by Gasteiger charge is 2.26. The molecule has 6 nitrogen and oxygen atoms in total. The summed E-state index contributed by atoms with van der Waals surface area (Å²) in [5.74, 6) is 0.453. The van der Waals surface area contributed by atoms with E-state index in [0.29, 0.717) is 16.5 Å². The number of aryl methyl sites for hydroxylation is 1. The summed E-state index contributed by atoms with van der Waals surface area (Å²) in [6, 6.07) is 24.9. The normalized spacial score (nSPS) is 14.8. The van der Waals surface area contributed by atoms with Crippen LogP contribution in [0.3, 0.4) is 0 Å². The largest absolute Gasteiger partial charge is 0.324 e. The van der Waals surface area contributed by atoms with Crippen LogP contribution < -0.4 is 10.6 Å². The lowest BCUT2D eigenvalue weighted by molar-refractivity contribution is 0.102. The minimum Gasteiger partial charge on any atom is -0.324 e. The van der Waals surface area contributed by atoms with E-state index in [1.54, 1.807) is 28.9 Å². The first-order valence-corrected chi connectivity index (χ1v) is 10.6. The van der Waals surface area contributed by atoms with Crippen molar-refractivity contribution in [3.8, 4) is 0 Å². The van der Waals surface area contributed by atoms with Crippen LogP contribution in [0, 0.1) is 6.92 Å². The van der Waals surface area contributed by atoms with Gasteiger partial charge in [0, 0.05) is 16.3 Å². The molecule has 3 aromatic carbocycles. The van der Waals surface area contributed by atoms with Gasteiger partial charge in [0.1, 0.15) is 6.04 Å². The fourth-order valence-electron chi connectivity index (χ4n) is 3.64. The van der Waals surface area contributed by atoms with Crippen LogP contribution >= 0.6 is 11.6 Å². The topological polar surface area (TPSA) is 71.8 Å². The van der Waals surface area contributed by atoms with Crippen LogP contribution in [-0.4, -0.2) is 20.7 Å². The zero-order chi connectivity index (χ0) is 22.1. The molecule has 158 valence electrons. The number of aromatic nitrogens is 3. The minimum absolute atomic E-state index is 0.173. The lowest BCUT2D eigenvalue weighted by atomic mass is 10.0. The Kier molecular flexibility index (Phi) is 5.21. The molecule has 0 fully saturated rings. The van der Waals surface area contributed by atoms with Crippen molar-refractivity contribution < 1.29 is 4.79 Å². The molecule has 7 heteroatoms. The van der Waals surface area contributed by atoms with Gasteiger partial charge in [0.15, 0.2) is 0 Å². The summed E-state index contributed by atoms with van der Waals surface area (Å²) < 4.78 is 1.78. The van der Waals surface area contributed by atoms with Crippen molar-refractivity contribution in [2.45, 2.75) is 13.0 Å². The first-order chi connectivity index (χ1) is 15.6. The molecule has 0 spiro atoms. The fraction of sp³-hybridized carbons (Fsp3) is 0.0800. The Bertz CT molecular complexity index is 1310. The predicted octanol–water partition coefficient (Wildman–Crippen LogP) is 5.55. The Morgan fingerprint density at radius 3 is 2.56 bits per heavy atom. The number of carbonyl (C=O) groups excluding carboxylic acids is 1. The molecule has 1 aliphatic heterocycles. The van der Waals surface area contributed by atoms with E-state index in [1.807, 2.05) is 18.2 Å². The molecule has 32 heavy (non-hydrogen) atoms. The van der Waals surface area contributed by atoms with Crippen LogP contribution in [0.2, 0.25) is 5.02 Å². The van der Waals surface area contributed by atoms with Crippen molar-refractivity contribution in [3.63, 3.8) is 0 Å². The van der Waals surface area contributed by atoms with E-state index in [0.717, 1.165) is 16.8 Å². The Balaban J connectivity index is 1.50. The molecule has 1 aromatic heterocycles. The van der Waals surface area contributed by atoms with Gasteiger partial charge in [0.25, 0.3) is 11.9 Å². The van der Waals surface area contributed by atoms with E-state index >= 15 is 0 Å². The van der Waals surface area contributed by atoms with Gasteiger partial charge >= 0.3 is 0 Å². The zero-order valence-corrected chi connectivity index (χ0v) is 18.0. The molecule has 0 radical (unpaired) electrons. The number of halogens is 1. The van der Waals surface area contributed by atoms with Crippen molar-refractivity contribution in [2.75, 3.05) is 10.6 Å². The van der Waals surface area contributed by atoms with Crippen molar-refractivity contribution in [1.82, 2.24) is 14.8 Å². The number of hydrogen-bond acceptors (Lipinski definition) is 4. The van der Waals surface area contributed by atoms with Gasteiger partial charge in [-0.2, -0.15) is 4.98 Å². The quantitative estimate of drug-likeness (QED) is 0.435. The fourth-order valence-corrected chi connectivity index (χ4v) is 3.83. The van der Waals surface area contributed by atoms with E-state index in [9.17, 15) is 4.79 Å². The molecule has 0 saturated carbocycles. The molecule has 0 saturated heterocycles. The molecule has 0 unspecified atom stereocenters. The van der Waals surface area contributed by atoms with Gasteiger partial charge in [-0.15, -0.1) is 5.10 Å². The van der Waals surface area contributed by atoms with E-state index in [-0.39, 0.29) is 17.9 Å². The van der Waals surface area contributed by atoms with Crippen LogP contribution in [0.25, 0.3) is 5.70 Å². The van der Waals surface area contributed by atoms with Crippen LogP contribution in [-0.2, 0) is 0 Å². The Morgan fingerprint density at radius 1 is 1.03 bits per heavy atom. The van der Waals surface area contributed by atoms with E-state index in [4.69, 9.17) is 11.6 Å². The van der Waals surface area contributed by atoms with Crippen LogP contribution in [0.1, 0.15) is 33.1 Å². The highest BCUT2D eigenvalue weighted by atomic mass is 35.5. The van der Waals surface area contributed by atoms with Gasteiger partial charge in [-0.3, -0.25) is 10.1 Å². The second-order valence-corrected chi connectivity index (χ2v) is 8.03. The SMILES string of the molecule is Cc1ccc(C2=C[C@@H](c3ccccc3)n3nc(NC(=O)c4cccc(Cl)c4)nc3N2)cc1. The maximum Gasteiger partial charge on any atom is 0.258 e. The third-order valence-electron chi connectivity index (χ3n) is 5.28. The van der Waals surface area contributed by atoms with Gasteiger partial charge in [0.2, 0.25) is 5.95 Å². The van der Waals surface area contributed by atoms with E-state index in [1.165, 1.54) is 5.56 Å². The number of hydrogen-bond donors (Lipinski definition) is 2. The number of rotatable bonds is 4. The first kappa shape index (κ1) is 20.0. The van der Waals surface area contributed by atoms with Crippen LogP contribution in [0.4, 0.5) is 11.9 Å². The summed E-state index contributed by atoms with van der Waals surface area (Å²) in [5, 5.41) is 11.2. The average Bonchev–Trinajstić information content (AvgIpc) is 3.21. The Morgan fingerprint density at radius 2 is 1.81 bits per heavy atom. The Labute approximate surface area is 190 Å². The Hall–Kier alpha value is -3.90. The summed E-state index contributed by atoms with van der Waals surface area (Å²) in [5.41, 5.74) is 4.69. The molecule has 4 aromatic rings. The van der Waals surface area contributed by atoms with Gasteiger partial charge in [-0.05, 0) is 42.3 Å².